The molecule has 0 fully saturated rings. The van der Waals surface area contributed by atoms with Crippen molar-refractivity contribution in [2.75, 3.05) is 0 Å². The molecule has 0 aromatic heterocycles. The molecule has 0 amide bonds. The van der Waals surface area contributed by atoms with Crippen molar-refractivity contribution in [1.29, 1.82) is 0 Å². The second-order valence-electron chi connectivity index (χ2n) is 3.16. The molecule has 1 aromatic carbocycles. The van der Waals surface area contributed by atoms with Crippen molar-refractivity contribution < 1.29 is 9.50 Å². The Balaban J connectivity index is 3.60. The number of hydrogen-bond acceptors (Lipinski definition) is 1. The van der Waals surface area contributed by atoms with Gasteiger partial charge in [-0.05, 0) is 44.4 Å². The number of hydrogen-bond donors (Lipinski definition) is 1. The summed E-state index contributed by atoms with van der Waals surface area (Å²) in [5.74, 6) is -0.216. The van der Waals surface area contributed by atoms with Gasteiger partial charge < -0.3 is 5.11 Å². The van der Waals surface area contributed by atoms with E-state index in [1.807, 2.05) is 6.92 Å². The van der Waals surface area contributed by atoms with Gasteiger partial charge in [0.2, 0.25) is 0 Å². The number of phenols is 1. The van der Waals surface area contributed by atoms with Gasteiger partial charge in [0.1, 0.15) is 11.6 Å². The zero-order valence-electron chi connectivity index (χ0n) is 7.83. The Morgan fingerprint density at radius 1 is 0.833 bits per heavy atom. The largest absolute Gasteiger partial charge is 0.507 e. The van der Waals surface area contributed by atoms with Gasteiger partial charge in [-0.2, -0.15) is 0 Å². The summed E-state index contributed by atoms with van der Waals surface area (Å²) in [5, 5.41) is 9.45. The molecule has 1 aromatic rings. The number of benzene rings is 1. The van der Waals surface area contributed by atoms with Crippen LogP contribution in [0.25, 0.3) is 0 Å². The van der Waals surface area contributed by atoms with Crippen molar-refractivity contribution in [3.63, 3.8) is 0 Å². The SMILES string of the molecule is Cc1c(C)c(O)c(C)c(F)c1C. The molecule has 0 bridgehead atoms. The highest BCUT2D eigenvalue weighted by Gasteiger charge is 2.12. The van der Waals surface area contributed by atoms with Gasteiger partial charge >= 0.3 is 0 Å². The molecule has 0 aliphatic heterocycles. The van der Waals surface area contributed by atoms with Crippen molar-refractivity contribution in [1.82, 2.24) is 0 Å². The normalized spacial score (nSPS) is 10.4. The maximum Gasteiger partial charge on any atom is 0.132 e. The predicted octanol–water partition coefficient (Wildman–Crippen LogP) is 2.76. The lowest BCUT2D eigenvalue weighted by molar-refractivity contribution is 0.457. The fraction of sp³-hybridized carbons (Fsp3) is 0.400. The average molecular weight is 168 g/mol. The summed E-state index contributed by atoms with van der Waals surface area (Å²) < 4.78 is 13.3. The maximum absolute atomic E-state index is 13.3. The molecule has 66 valence electrons. The highest BCUT2D eigenvalue weighted by molar-refractivity contribution is 5.48. The van der Waals surface area contributed by atoms with Crippen LogP contribution in [0.4, 0.5) is 4.39 Å². The van der Waals surface area contributed by atoms with E-state index >= 15 is 0 Å². The molecule has 0 aliphatic carbocycles. The van der Waals surface area contributed by atoms with Crippen LogP contribution in [0.3, 0.4) is 0 Å². The fourth-order valence-electron chi connectivity index (χ4n) is 1.29. The molecule has 0 saturated carbocycles. The Kier molecular flexibility index (Phi) is 2.09. The summed E-state index contributed by atoms with van der Waals surface area (Å²) in [6.45, 7) is 6.92. The van der Waals surface area contributed by atoms with Crippen molar-refractivity contribution in [2.24, 2.45) is 0 Å². The van der Waals surface area contributed by atoms with E-state index in [0.29, 0.717) is 11.1 Å². The maximum atomic E-state index is 13.3. The molecule has 1 rings (SSSR count). The molecule has 0 aliphatic rings. The number of aromatic hydroxyl groups is 1. The van der Waals surface area contributed by atoms with Crippen LogP contribution in [0.5, 0.6) is 5.75 Å². The second kappa shape index (κ2) is 2.77. The number of phenolic OH excluding ortho intramolecular Hbond substituents is 1. The van der Waals surface area contributed by atoms with Crippen molar-refractivity contribution in [3.05, 3.63) is 28.1 Å². The first-order chi connectivity index (χ1) is 5.46. The molecule has 0 unspecified atom stereocenters. The van der Waals surface area contributed by atoms with Gasteiger partial charge in [0.15, 0.2) is 0 Å². The van der Waals surface area contributed by atoms with Gasteiger partial charge in [0.25, 0.3) is 0 Å². The molecule has 12 heavy (non-hydrogen) atoms. The molecular weight excluding hydrogens is 155 g/mol. The zero-order valence-corrected chi connectivity index (χ0v) is 7.83. The third-order valence-electron chi connectivity index (χ3n) is 2.49. The van der Waals surface area contributed by atoms with Crippen LogP contribution in [0.1, 0.15) is 22.3 Å². The molecule has 1 N–H and O–H groups in total. The third kappa shape index (κ3) is 1.07. The molecule has 0 heterocycles. The van der Waals surface area contributed by atoms with Gasteiger partial charge in [-0.1, -0.05) is 0 Å². The predicted molar refractivity (Wildman–Crippen MR) is 47.0 cm³/mol. The Hall–Kier alpha value is -1.05. The van der Waals surface area contributed by atoms with Crippen LogP contribution in [-0.4, -0.2) is 5.11 Å². The zero-order chi connectivity index (χ0) is 9.46. The van der Waals surface area contributed by atoms with E-state index in [4.69, 9.17) is 0 Å². The van der Waals surface area contributed by atoms with Crippen molar-refractivity contribution >= 4 is 0 Å². The lowest BCUT2D eigenvalue weighted by atomic mass is 9.99. The lowest BCUT2D eigenvalue weighted by Crippen LogP contribution is -1.96. The summed E-state index contributed by atoms with van der Waals surface area (Å²) in [6.07, 6.45) is 0. The Morgan fingerprint density at radius 2 is 1.33 bits per heavy atom. The third-order valence-corrected chi connectivity index (χ3v) is 2.49. The highest BCUT2D eigenvalue weighted by atomic mass is 19.1. The van der Waals surface area contributed by atoms with Gasteiger partial charge in [0.05, 0.1) is 0 Å². The summed E-state index contributed by atoms with van der Waals surface area (Å²) >= 11 is 0. The minimum atomic E-state index is -0.296. The van der Waals surface area contributed by atoms with Crippen LogP contribution < -0.4 is 0 Å². The fourth-order valence-corrected chi connectivity index (χ4v) is 1.29. The number of halogens is 1. The molecule has 1 nitrogen and oxygen atoms in total. The summed E-state index contributed by atoms with van der Waals surface area (Å²) in [6, 6.07) is 0. The first kappa shape index (κ1) is 9.04. The van der Waals surface area contributed by atoms with Crippen molar-refractivity contribution in [2.45, 2.75) is 27.7 Å². The first-order valence-corrected chi connectivity index (χ1v) is 3.91. The van der Waals surface area contributed by atoms with Crippen LogP contribution >= 0.6 is 0 Å². The topological polar surface area (TPSA) is 20.2 Å². The summed E-state index contributed by atoms with van der Waals surface area (Å²) in [7, 11) is 0. The lowest BCUT2D eigenvalue weighted by Gasteiger charge is -2.11. The van der Waals surface area contributed by atoms with Crippen LogP contribution in [-0.2, 0) is 0 Å². The van der Waals surface area contributed by atoms with Crippen LogP contribution in [0.15, 0.2) is 0 Å². The molecule has 0 saturated heterocycles. The Bertz CT molecular complexity index is 224. The highest BCUT2D eigenvalue weighted by Crippen LogP contribution is 2.29. The van der Waals surface area contributed by atoms with Gasteiger partial charge in [-0.25, -0.2) is 4.39 Å². The van der Waals surface area contributed by atoms with E-state index in [1.54, 1.807) is 20.8 Å². The smallest absolute Gasteiger partial charge is 0.132 e. The standard InChI is InChI=1S/C10H13FO/c1-5-6(2)9(11)8(4)10(12)7(5)3/h12H,1-4H3. The summed E-state index contributed by atoms with van der Waals surface area (Å²) in [5.41, 5.74) is 2.57. The number of rotatable bonds is 0. The van der Waals surface area contributed by atoms with Gasteiger partial charge in [0, 0.05) is 5.56 Å². The average Bonchev–Trinajstić information content (AvgIpc) is 2.08. The van der Waals surface area contributed by atoms with Gasteiger partial charge in [-0.3, -0.25) is 0 Å². The monoisotopic (exact) mass is 168 g/mol. The first-order valence-electron chi connectivity index (χ1n) is 3.91. The Morgan fingerprint density at radius 3 is 1.83 bits per heavy atom. The van der Waals surface area contributed by atoms with E-state index in [0.717, 1.165) is 11.1 Å². The van der Waals surface area contributed by atoms with Crippen LogP contribution in [0.2, 0.25) is 0 Å². The second-order valence-corrected chi connectivity index (χ2v) is 3.16. The van der Waals surface area contributed by atoms with E-state index in [1.165, 1.54) is 0 Å². The quantitative estimate of drug-likeness (QED) is 0.631. The van der Waals surface area contributed by atoms with Crippen LogP contribution in [0, 0.1) is 33.5 Å². The van der Waals surface area contributed by atoms with Gasteiger partial charge in [-0.15, -0.1) is 0 Å². The van der Waals surface area contributed by atoms with E-state index < -0.39 is 0 Å². The summed E-state index contributed by atoms with van der Waals surface area (Å²) in [4.78, 5) is 0. The molecule has 0 radical (unpaired) electrons. The minimum absolute atomic E-state index is 0.0793. The Labute approximate surface area is 71.9 Å². The minimum Gasteiger partial charge on any atom is -0.507 e. The van der Waals surface area contributed by atoms with E-state index in [-0.39, 0.29) is 11.6 Å². The molecule has 0 spiro atoms. The molecular formula is C10H13FO. The molecule has 0 atom stereocenters. The van der Waals surface area contributed by atoms with Crippen molar-refractivity contribution in [3.8, 4) is 5.75 Å². The molecule has 2 heteroatoms. The van der Waals surface area contributed by atoms with E-state index in [9.17, 15) is 9.50 Å². The van der Waals surface area contributed by atoms with E-state index in [2.05, 4.69) is 0 Å².